The van der Waals surface area contributed by atoms with Gasteiger partial charge in [-0.2, -0.15) is 0 Å². The van der Waals surface area contributed by atoms with Crippen LogP contribution in [0.1, 0.15) is 16.8 Å². The molecule has 118 valence electrons. The van der Waals surface area contributed by atoms with Crippen LogP contribution >= 0.6 is 0 Å². The molecule has 2 aromatic rings. The summed E-state index contributed by atoms with van der Waals surface area (Å²) in [7, 11) is 1.68. The summed E-state index contributed by atoms with van der Waals surface area (Å²) < 4.78 is 0. The number of likely N-dealkylation sites (tertiary alicyclic amines) is 1. The third-order valence-electron chi connectivity index (χ3n) is 4.23. The lowest BCUT2D eigenvalue weighted by Crippen LogP contribution is -2.35. The SMILES string of the molecule is CN1C[C@H](C(=O)NCC(=O)c2cccc3ccccc23)CC1=O. The van der Waals surface area contributed by atoms with Gasteiger partial charge < -0.3 is 10.2 Å². The maximum atomic E-state index is 12.4. The Morgan fingerprint density at radius 2 is 1.91 bits per heavy atom. The Kier molecular flexibility index (Phi) is 4.10. The van der Waals surface area contributed by atoms with Gasteiger partial charge in [0, 0.05) is 25.6 Å². The van der Waals surface area contributed by atoms with E-state index in [1.807, 2.05) is 36.4 Å². The number of amides is 2. The molecule has 2 amide bonds. The highest BCUT2D eigenvalue weighted by Gasteiger charge is 2.32. The lowest BCUT2D eigenvalue weighted by molar-refractivity contribution is -0.128. The molecule has 0 spiro atoms. The fourth-order valence-corrected chi connectivity index (χ4v) is 2.91. The maximum Gasteiger partial charge on any atom is 0.225 e. The number of nitrogens with zero attached hydrogens (tertiary/aromatic N) is 1. The Morgan fingerprint density at radius 3 is 2.65 bits per heavy atom. The number of nitrogens with one attached hydrogen (secondary N) is 1. The zero-order valence-electron chi connectivity index (χ0n) is 12.9. The first-order valence-corrected chi connectivity index (χ1v) is 7.59. The predicted molar refractivity (Wildman–Crippen MR) is 87.0 cm³/mol. The molecule has 1 fully saturated rings. The van der Waals surface area contributed by atoms with Crippen LogP contribution in [0, 0.1) is 5.92 Å². The van der Waals surface area contributed by atoms with Gasteiger partial charge in [0.05, 0.1) is 12.5 Å². The molecule has 5 heteroatoms. The van der Waals surface area contributed by atoms with Gasteiger partial charge in [-0.25, -0.2) is 0 Å². The molecule has 1 saturated heterocycles. The van der Waals surface area contributed by atoms with Gasteiger partial charge in [0.1, 0.15) is 0 Å². The number of benzene rings is 2. The Labute approximate surface area is 134 Å². The van der Waals surface area contributed by atoms with Gasteiger partial charge >= 0.3 is 0 Å². The van der Waals surface area contributed by atoms with Crippen molar-refractivity contribution in [1.82, 2.24) is 10.2 Å². The van der Waals surface area contributed by atoms with Crippen molar-refractivity contribution in [3.8, 4) is 0 Å². The van der Waals surface area contributed by atoms with E-state index < -0.39 is 0 Å². The van der Waals surface area contributed by atoms with E-state index in [9.17, 15) is 14.4 Å². The summed E-state index contributed by atoms with van der Waals surface area (Å²) in [6.45, 7) is 0.356. The van der Waals surface area contributed by atoms with E-state index >= 15 is 0 Å². The fourth-order valence-electron chi connectivity index (χ4n) is 2.91. The van der Waals surface area contributed by atoms with E-state index in [4.69, 9.17) is 0 Å². The second-order valence-electron chi connectivity index (χ2n) is 5.84. The van der Waals surface area contributed by atoms with Crippen molar-refractivity contribution < 1.29 is 14.4 Å². The number of Topliss-reactive ketones (excluding diaryl/α,β-unsaturated/α-hetero) is 1. The number of hydrogen-bond acceptors (Lipinski definition) is 3. The minimum Gasteiger partial charge on any atom is -0.348 e. The van der Waals surface area contributed by atoms with Crippen molar-refractivity contribution >= 4 is 28.4 Å². The fraction of sp³-hybridized carbons (Fsp3) is 0.278. The van der Waals surface area contributed by atoms with E-state index in [1.165, 1.54) is 4.90 Å². The smallest absolute Gasteiger partial charge is 0.225 e. The van der Waals surface area contributed by atoms with Crippen LogP contribution < -0.4 is 5.32 Å². The lowest BCUT2D eigenvalue weighted by Gasteiger charge is -2.11. The van der Waals surface area contributed by atoms with Gasteiger partial charge in [-0.05, 0) is 10.8 Å². The summed E-state index contributed by atoms with van der Waals surface area (Å²) in [5.74, 6) is -0.775. The predicted octanol–water partition coefficient (Wildman–Crippen LogP) is 1.62. The Hall–Kier alpha value is -2.69. The minimum absolute atomic E-state index is 0.0365. The van der Waals surface area contributed by atoms with Gasteiger partial charge in [-0.15, -0.1) is 0 Å². The number of ketones is 1. The van der Waals surface area contributed by atoms with Crippen LogP contribution in [0.2, 0.25) is 0 Å². The van der Waals surface area contributed by atoms with Gasteiger partial charge in [-0.1, -0.05) is 42.5 Å². The summed E-state index contributed by atoms with van der Waals surface area (Å²) in [6, 6.07) is 13.2. The molecule has 0 unspecified atom stereocenters. The molecule has 0 radical (unpaired) electrons. The maximum absolute atomic E-state index is 12.4. The zero-order chi connectivity index (χ0) is 16.4. The minimum atomic E-state index is -0.368. The van der Waals surface area contributed by atoms with Crippen molar-refractivity contribution in [2.75, 3.05) is 20.1 Å². The topological polar surface area (TPSA) is 66.5 Å². The standard InChI is InChI=1S/C18H18N2O3/c1-20-11-13(9-17(20)22)18(23)19-10-16(21)15-8-4-6-12-5-2-3-7-14(12)15/h2-8,13H,9-11H2,1H3,(H,19,23)/t13-/m1/s1. The zero-order valence-corrected chi connectivity index (χ0v) is 12.9. The molecule has 3 rings (SSSR count). The van der Waals surface area contributed by atoms with E-state index in [1.54, 1.807) is 13.1 Å². The largest absolute Gasteiger partial charge is 0.348 e. The van der Waals surface area contributed by atoms with Crippen molar-refractivity contribution in [3.05, 3.63) is 48.0 Å². The van der Waals surface area contributed by atoms with Crippen molar-refractivity contribution in [2.45, 2.75) is 6.42 Å². The van der Waals surface area contributed by atoms with Gasteiger partial charge in [0.15, 0.2) is 5.78 Å². The Balaban J connectivity index is 1.67. The van der Waals surface area contributed by atoms with Crippen LogP contribution in [-0.2, 0) is 9.59 Å². The van der Waals surface area contributed by atoms with E-state index in [-0.39, 0.29) is 36.5 Å². The van der Waals surface area contributed by atoms with Gasteiger partial charge in [0.2, 0.25) is 11.8 Å². The average Bonchev–Trinajstić information content (AvgIpc) is 2.91. The molecule has 2 aromatic carbocycles. The molecule has 0 aromatic heterocycles. The van der Waals surface area contributed by atoms with Crippen LogP contribution in [0.15, 0.2) is 42.5 Å². The van der Waals surface area contributed by atoms with Crippen LogP contribution in [0.4, 0.5) is 0 Å². The summed E-state index contributed by atoms with van der Waals surface area (Å²) in [5, 5.41) is 4.53. The van der Waals surface area contributed by atoms with Crippen molar-refractivity contribution in [3.63, 3.8) is 0 Å². The first-order valence-electron chi connectivity index (χ1n) is 7.59. The van der Waals surface area contributed by atoms with Crippen LogP contribution in [-0.4, -0.2) is 42.6 Å². The normalized spacial score (nSPS) is 17.5. The summed E-state index contributed by atoms with van der Waals surface area (Å²) >= 11 is 0. The van der Waals surface area contributed by atoms with Crippen LogP contribution in [0.25, 0.3) is 10.8 Å². The number of hydrogen-bond donors (Lipinski definition) is 1. The van der Waals surface area contributed by atoms with E-state index in [2.05, 4.69) is 5.32 Å². The van der Waals surface area contributed by atoms with Crippen LogP contribution in [0.5, 0.6) is 0 Å². The monoisotopic (exact) mass is 310 g/mol. The molecule has 0 aliphatic carbocycles. The second kappa shape index (κ2) is 6.20. The molecule has 23 heavy (non-hydrogen) atoms. The molecule has 1 N–H and O–H groups in total. The lowest BCUT2D eigenvalue weighted by atomic mass is 10.0. The summed E-state index contributed by atoms with van der Waals surface area (Å²) in [4.78, 5) is 37.5. The molecule has 1 aliphatic rings. The summed E-state index contributed by atoms with van der Waals surface area (Å²) in [5.41, 5.74) is 0.600. The number of rotatable bonds is 4. The van der Waals surface area contributed by atoms with E-state index in [0.29, 0.717) is 12.1 Å². The first kappa shape index (κ1) is 15.2. The molecule has 0 saturated carbocycles. The summed E-state index contributed by atoms with van der Waals surface area (Å²) in [6.07, 6.45) is 0.213. The first-order chi connectivity index (χ1) is 11.1. The van der Waals surface area contributed by atoms with Crippen molar-refractivity contribution in [2.24, 2.45) is 5.92 Å². The number of carbonyl (C=O) groups excluding carboxylic acids is 3. The highest BCUT2D eigenvalue weighted by atomic mass is 16.2. The highest BCUT2D eigenvalue weighted by molar-refractivity contribution is 6.09. The van der Waals surface area contributed by atoms with Crippen LogP contribution in [0.3, 0.4) is 0 Å². The molecule has 1 heterocycles. The molecule has 1 aliphatic heterocycles. The molecule has 1 atom stereocenters. The van der Waals surface area contributed by atoms with Crippen molar-refractivity contribution in [1.29, 1.82) is 0 Å². The highest BCUT2D eigenvalue weighted by Crippen LogP contribution is 2.19. The number of carbonyl (C=O) groups is 3. The van der Waals surface area contributed by atoms with E-state index in [0.717, 1.165) is 10.8 Å². The third-order valence-corrected chi connectivity index (χ3v) is 4.23. The Morgan fingerprint density at radius 1 is 1.17 bits per heavy atom. The third kappa shape index (κ3) is 3.08. The molecule has 0 bridgehead atoms. The molecular formula is C18H18N2O3. The van der Waals surface area contributed by atoms with Gasteiger partial charge in [0.25, 0.3) is 0 Å². The molecule has 5 nitrogen and oxygen atoms in total. The quantitative estimate of drug-likeness (QED) is 0.873. The number of fused-ring (bicyclic) bond motifs is 1. The second-order valence-corrected chi connectivity index (χ2v) is 5.84. The molecular weight excluding hydrogens is 292 g/mol. The average molecular weight is 310 g/mol. The Bertz CT molecular complexity index is 779. The van der Waals surface area contributed by atoms with Gasteiger partial charge in [-0.3, -0.25) is 14.4 Å².